The molecule has 23 heavy (non-hydrogen) atoms. The molecule has 0 radical (unpaired) electrons. The number of rotatable bonds is 5. The number of benzene rings is 1. The number of carbonyl (C=O) groups is 1. The summed E-state index contributed by atoms with van der Waals surface area (Å²) in [7, 11) is 1.61. The number of nitrogens with one attached hydrogen (secondary N) is 1. The van der Waals surface area contributed by atoms with Crippen LogP contribution in [0.1, 0.15) is 11.3 Å². The number of pyridine rings is 1. The second-order valence-electron chi connectivity index (χ2n) is 5.16. The molecule has 2 N–H and O–H groups in total. The normalized spacial score (nSPS) is 10.7. The van der Waals surface area contributed by atoms with E-state index in [1.54, 1.807) is 36.0 Å². The number of nitrogens with zero attached hydrogens (tertiary/aromatic N) is 2. The second kappa shape index (κ2) is 6.39. The number of carbonyl (C=O) groups excluding carboxylic acids is 1. The summed E-state index contributed by atoms with van der Waals surface area (Å²) >= 11 is 0. The van der Waals surface area contributed by atoms with E-state index >= 15 is 0 Å². The molecule has 1 amide bonds. The van der Waals surface area contributed by atoms with Gasteiger partial charge in [0.05, 0.1) is 25.8 Å². The minimum Gasteiger partial charge on any atom is -0.504 e. The van der Waals surface area contributed by atoms with Gasteiger partial charge in [0.15, 0.2) is 11.4 Å². The molecule has 118 valence electrons. The van der Waals surface area contributed by atoms with E-state index in [1.807, 2.05) is 24.3 Å². The second-order valence-corrected chi connectivity index (χ2v) is 5.16. The van der Waals surface area contributed by atoms with Gasteiger partial charge >= 0.3 is 0 Å². The van der Waals surface area contributed by atoms with Gasteiger partial charge in [0.1, 0.15) is 5.75 Å². The molecule has 3 aromatic rings. The summed E-state index contributed by atoms with van der Waals surface area (Å²) in [5.41, 5.74) is 2.08. The molecule has 3 rings (SSSR count). The topological polar surface area (TPSA) is 75.9 Å². The van der Waals surface area contributed by atoms with Crippen molar-refractivity contribution >= 4 is 11.6 Å². The molecule has 0 unspecified atom stereocenters. The number of aromatic hydroxyl groups is 1. The zero-order valence-electron chi connectivity index (χ0n) is 12.7. The summed E-state index contributed by atoms with van der Waals surface area (Å²) in [5.74, 6) is 0.790. The first-order valence-corrected chi connectivity index (χ1v) is 7.21. The van der Waals surface area contributed by atoms with Crippen LogP contribution >= 0.6 is 0 Å². The average Bonchev–Trinajstić information content (AvgIpc) is 2.98. The van der Waals surface area contributed by atoms with Crippen LogP contribution in [0.5, 0.6) is 11.5 Å². The lowest BCUT2D eigenvalue weighted by Crippen LogP contribution is -2.24. The predicted octanol–water partition coefficient (Wildman–Crippen LogP) is 1.91. The molecule has 0 aliphatic carbocycles. The average molecular weight is 311 g/mol. The van der Waals surface area contributed by atoms with Crippen LogP contribution in [0.3, 0.4) is 0 Å². The van der Waals surface area contributed by atoms with Gasteiger partial charge in [0.2, 0.25) is 5.91 Å². The van der Waals surface area contributed by atoms with Crippen molar-refractivity contribution in [3.05, 3.63) is 60.0 Å². The molecule has 1 aromatic carbocycles. The van der Waals surface area contributed by atoms with E-state index in [1.165, 1.54) is 0 Å². The molecule has 6 nitrogen and oxygen atoms in total. The van der Waals surface area contributed by atoms with Gasteiger partial charge in [-0.1, -0.05) is 12.1 Å². The molecule has 0 aliphatic heterocycles. The summed E-state index contributed by atoms with van der Waals surface area (Å²) < 4.78 is 6.81. The van der Waals surface area contributed by atoms with Crippen LogP contribution in [0.2, 0.25) is 0 Å². The van der Waals surface area contributed by atoms with Crippen LogP contribution in [0.4, 0.5) is 0 Å². The first-order valence-electron chi connectivity index (χ1n) is 7.21. The van der Waals surface area contributed by atoms with E-state index in [0.717, 1.165) is 11.3 Å². The number of amides is 1. The number of methoxy groups -OCH3 is 1. The SMILES string of the molecule is COc1ccc(CC(=O)NCc2cn3cccc(O)c3n2)cc1. The molecule has 2 heterocycles. The fourth-order valence-corrected chi connectivity index (χ4v) is 2.31. The zero-order chi connectivity index (χ0) is 16.2. The maximum atomic E-state index is 12.0. The van der Waals surface area contributed by atoms with Crippen molar-refractivity contribution in [3.8, 4) is 11.5 Å². The number of hydrogen-bond donors (Lipinski definition) is 2. The summed E-state index contributed by atoms with van der Waals surface area (Å²) in [6, 6.07) is 10.7. The van der Waals surface area contributed by atoms with Crippen molar-refractivity contribution < 1.29 is 14.6 Å². The number of ether oxygens (including phenoxy) is 1. The fourth-order valence-electron chi connectivity index (χ4n) is 2.31. The minimum atomic E-state index is -0.0866. The molecule has 0 spiro atoms. The highest BCUT2D eigenvalue weighted by Crippen LogP contribution is 2.16. The predicted molar refractivity (Wildman–Crippen MR) is 85.4 cm³/mol. The smallest absolute Gasteiger partial charge is 0.224 e. The van der Waals surface area contributed by atoms with E-state index in [2.05, 4.69) is 10.3 Å². The van der Waals surface area contributed by atoms with Crippen LogP contribution in [0.15, 0.2) is 48.8 Å². The Morgan fingerprint density at radius 3 is 2.78 bits per heavy atom. The zero-order valence-corrected chi connectivity index (χ0v) is 12.7. The Kier molecular flexibility index (Phi) is 4.14. The number of fused-ring (bicyclic) bond motifs is 1. The number of imidazole rings is 1. The Hall–Kier alpha value is -3.02. The van der Waals surface area contributed by atoms with Gasteiger partial charge < -0.3 is 19.6 Å². The lowest BCUT2D eigenvalue weighted by molar-refractivity contribution is -0.120. The molecule has 0 saturated heterocycles. The highest BCUT2D eigenvalue weighted by molar-refractivity contribution is 5.78. The Bertz CT molecular complexity index is 825. The fraction of sp³-hybridized carbons (Fsp3) is 0.176. The molecule has 0 aliphatic rings. The van der Waals surface area contributed by atoms with E-state index < -0.39 is 0 Å². The van der Waals surface area contributed by atoms with Crippen molar-refractivity contribution in [3.63, 3.8) is 0 Å². The number of aromatic nitrogens is 2. The molecule has 0 bridgehead atoms. The highest BCUT2D eigenvalue weighted by atomic mass is 16.5. The summed E-state index contributed by atoms with van der Waals surface area (Å²) in [4.78, 5) is 16.3. The van der Waals surface area contributed by atoms with E-state index in [9.17, 15) is 9.90 Å². The lowest BCUT2D eigenvalue weighted by Gasteiger charge is -2.04. The lowest BCUT2D eigenvalue weighted by atomic mass is 10.1. The minimum absolute atomic E-state index is 0.0866. The van der Waals surface area contributed by atoms with Gasteiger partial charge in [-0.3, -0.25) is 4.79 Å². The third kappa shape index (κ3) is 3.42. The largest absolute Gasteiger partial charge is 0.504 e. The standard InChI is InChI=1S/C17H17N3O3/c1-23-14-6-4-12(5-7-14)9-16(22)18-10-13-11-20-8-2-3-15(21)17(20)19-13/h2-8,11,21H,9-10H2,1H3,(H,18,22). The van der Waals surface area contributed by atoms with E-state index in [-0.39, 0.29) is 11.7 Å². The Morgan fingerprint density at radius 2 is 2.09 bits per heavy atom. The monoisotopic (exact) mass is 311 g/mol. The Balaban J connectivity index is 1.60. The molecule has 0 saturated carbocycles. The van der Waals surface area contributed by atoms with Crippen LogP contribution in [-0.4, -0.2) is 27.5 Å². The Labute approximate surface area is 133 Å². The highest BCUT2D eigenvalue weighted by Gasteiger charge is 2.08. The van der Waals surface area contributed by atoms with Gasteiger partial charge in [-0.2, -0.15) is 0 Å². The summed E-state index contributed by atoms with van der Waals surface area (Å²) in [5, 5.41) is 12.5. The molecule has 6 heteroatoms. The molecule has 2 aromatic heterocycles. The van der Waals surface area contributed by atoms with E-state index in [0.29, 0.717) is 24.3 Å². The molecular formula is C17H17N3O3. The van der Waals surface area contributed by atoms with Gasteiger partial charge in [0.25, 0.3) is 0 Å². The van der Waals surface area contributed by atoms with Crippen molar-refractivity contribution in [2.24, 2.45) is 0 Å². The van der Waals surface area contributed by atoms with E-state index in [4.69, 9.17) is 4.74 Å². The van der Waals surface area contributed by atoms with Gasteiger partial charge in [-0.15, -0.1) is 0 Å². The van der Waals surface area contributed by atoms with Crippen LogP contribution in [-0.2, 0) is 17.8 Å². The van der Waals surface area contributed by atoms with Crippen LogP contribution < -0.4 is 10.1 Å². The molecule has 0 atom stereocenters. The third-order valence-electron chi connectivity index (χ3n) is 3.50. The first kappa shape index (κ1) is 14.9. The summed E-state index contributed by atoms with van der Waals surface area (Å²) in [6.45, 7) is 0.316. The maximum Gasteiger partial charge on any atom is 0.224 e. The molecular weight excluding hydrogens is 294 g/mol. The van der Waals surface area contributed by atoms with Gasteiger partial charge in [0, 0.05) is 12.4 Å². The maximum absolute atomic E-state index is 12.0. The van der Waals surface area contributed by atoms with Crippen LogP contribution in [0, 0.1) is 0 Å². The Morgan fingerprint density at radius 1 is 1.30 bits per heavy atom. The van der Waals surface area contributed by atoms with Crippen molar-refractivity contribution in [2.75, 3.05) is 7.11 Å². The van der Waals surface area contributed by atoms with Crippen LogP contribution in [0.25, 0.3) is 5.65 Å². The quantitative estimate of drug-likeness (QED) is 0.754. The van der Waals surface area contributed by atoms with Crippen molar-refractivity contribution in [2.45, 2.75) is 13.0 Å². The van der Waals surface area contributed by atoms with Crippen molar-refractivity contribution in [1.29, 1.82) is 0 Å². The van der Waals surface area contributed by atoms with Gasteiger partial charge in [-0.25, -0.2) is 4.98 Å². The third-order valence-corrected chi connectivity index (χ3v) is 3.50. The van der Waals surface area contributed by atoms with Gasteiger partial charge in [-0.05, 0) is 29.8 Å². The molecule has 0 fully saturated rings. The number of hydrogen-bond acceptors (Lipinski definition) is 4. The summed E-state index contributed by atoms with van der Waals surface area (Å²) in [6.07, 6.45) is 3.87. The first-order chi connectivity index (χ1) is 11.2. The van der Waals surface area contributed by atoms with Crippen molar-refractivity contribution in [1.82, 2.24) is 14.7 Å².